The Kier molecular flexibility index (Phi) is 7.19. The molecule has 0 unspecified atom stereocenters. The van der Waals surface area contributed by atoms with Gasteiger partial charge in [-0.2, -0.15) is 0 Å². The second kappa shape index (κ2) is 6.91. The third-order valence-electron chi connectivity index (χ3n) is 4.70. The Morgan fingerprint density at radius 3 is 1.60 bits per heavy atom. The molecule has 0 saturated heterocycles. The van der Waals surface area contributed by atoms with Crippen LogP contribution in [0.4, 0.5) is 0 Å². The first-order valence-electron chi connectivity index (χ1n) is 7.55. The molecular weight excluding hydrogens is 269 g/mol. The minimum Gasteiger partial charge on any atom is -0.597 e. The Bertz CT molecular complexity index is 362. The molecule has 1 rings (SSSR count). The van der Waals surface area contributed by atoms with Gasteiger partial charge in [0, 0.05) is 16.1 Å². The molecule has 0 fully saturated rings. The van der Waals surface area contributed by atoms with Crippen molar-refractivity contribution in [1.82, 2.24) is 9.62 Å². The number of hydrogen-bond acceptors (Lipinski definition) is 2. The zero-order chi connectivity index (χ0) is 15.2. The summed E-state index contributed by atoms with van der Waals surface area (Å²) in [5.74, 6) is 2.71. The van der Waals surface area contributed by atoms with Gasteiger partial charge < -0.3 is 9.62 Å². The van der Waals surface area contributed by atoms with Crippen LogP contribution in [0.5, 0.6) is 0 Å². The second-order valence-electron chi connectivity index (χ2n) is 8.88. The summed E-state index contributed by atoms with van der Waals surface area (Å²) in [6.07, 6.45) is 0.614. The van der Waals surface area contributed by atoms with E-state index in [9.17, 15) is 0 Å². The van der Waals surface area contributed by atoms with Gasteiger partial charge in [0.15, 0.2) is 0 Å². The summed E-state index contributed by atoms with van der Waals surface area (Å²) < 4.78 is 0. The van der Waals surface area contributed by atoms with Gasteiger partial charge in [-0.25, -0.2) is 0 Å². The van der Waals surface area contributed by atoms with Crippen LogP contribution in [0, 0.1) is 0 Å². The Balaban J connectivity index is 0.00000361. The molecule has 0 aromatic heterocycles. The van der Waals surface area contributed by atoms with Gasteiger partial charge in [-0.3, -0.25) is 5.97 Å². The van der Waals surface area contributed by atoms with Crippen LogP contribution in [0.3, 0.4) is 0 Å². The van der Waals surface area contributed by atoms with Crippen molar-refractivity contribution in [2.75, 3.05) is 28.2 Å². The molecule has 0 N–H and O–H groups in total. The standard InChI is InChI=1S/C13H33B2N2Si2.Li/c1-16(2)14-11-12(18(5,6)7)13(19(8,9)10)15(14)17(3)4;/h11-13H,1-10H3;/q-1;+1/t12-,13+;/m1./s1. The zero-order valence-electron chi connectivity index (χ0n) is 15.8. The van der Waals surface area contributed by atoms with Crippen molar-refractivity contribution >= 4 is 35.2 Å². The maximum atomic E-state index is 2.71. The molecule has 2 nitrogen and oxygen atoms in total. The van der Waals surface area contributed by atoms with Gasteiger partial charge in [-0.15, -0.1) is 0 Å². The van der Waals surface area contributed by atoms with Gasteiger partial charge in [-0.05, 0) is 28.2 Å². The van der Waals surface area contributed by atoms with Crippen molar-refractivity contribution in [2.24, 2.45) is 0 Å². The van der Waals surface area contributed by atoms with E-state index in [2.05, 4.69) is 83.1 Å². The van der Waals surface area contributed by atoms with Crippen molar-refractivity contribution < 1.29 is 18.9 Å². The molecule has 7 heteroatoms. The first kappa shape index (κ1) is 20.8. The zero-order valence-corrected chi connectivity index (χ0v) is 17.8. The Morgan fingerprint density at radius 1 is 0.900 bits per heavy atom. The Morgan fingerprint density at radius 2 is 1.35 bits per heavy atom. The van der Waals surface area contributed by atoms with Crippen LogP contribution in [0.2, 0.25) is 50.3 Å². The minimum atomic E-state index is -1.18. The van der Waals surface area contributed by atoms with Crippen LogP contribution in [0.1, 0.15) is 0 Å². The summed E-state index contributed by atoms with van der Waals surface area (Å²) in [4.78, 5) is 4.92. The van der Waals surface area contributed by atoms with Crippen LogP contribution in [0.15, 0.2) is 0 Å². The summed E-state index contributed by atoms with van der Waals surface area (Å²) in [5.41, 5.74) is 1.75. The first-order chi connectivity index (χ1) is 8.37. The molecule has 0 aliphatic carbocycles. The molecule has 1 aliphatic rings. The van der Waals surface area contributed by atoms with Crippen molar-refractivity contribution in [3.05, 3.63) is 0 Å². The van der Waals surface area contributed by atoms with Gasteiger partial charge in [-0.1, -0.05) is 56.6 Å². The van der Waals surface area contributed by atoms with Gasteiger partial charge in [0.05, 0.1) is 6.74 Å². The van der Waals surface area contributed by atoms with Gasteiger partial charge in [0.2, 0.25) is 0 Å². The molecule has 2 atom stereocenters. The van der Waals surface area contributed by atoms with E-state index in [1.807, 2.05) is 0 Å². The molecule has 0 aromatic rings. The summed E-state index contributed by atoms with van der Waals surface area (Å²) >= 11 is 0. The van der Waals surface area contributed by atoms with E-state index in [1.54, 1.807) is 0 Å². The first-order valence-corrected chi connectivity index (χ1v) is 14.7. The van der Waals surface area contributed by atoms with E-state index in [0.29, 0.717) is 13.1 Å². The topological polar surface area (TPSA) is 6.48 Å². The van der Waals surface area contributed by atoms with Crippen LogP contribution in [0.25, 0.3) is 0 Å². The summed E-state index contributed by atoms with van der Waals surface area (Å²) in [7, 11) is 6.71. The molecule has 1 heterocycles. The molecule has 0 aromatic carbocycles. The van der Waals surface area contributed by atoms with Crippen molar-refractivity contribution in [1.29, 1.82) is 0 Å². The fourth-order valence-corrected chi connectivity index (χ4v) is 11.6. The maximum Gasteiger partial charge on any atom is 1.00 e. The fourth-order valence-electron chi connectivity index (χ4n) is 3.85. The molecule has 0 radical (unpaired) electrons. The second-order valence-corrected chi connectivity index (χ2v) is 19.7. The number of nitrogens with zero attached hydrogens (tertiary/aromatic N) is 2. The smallest absolute Gasteiger partial charge is 0.597 e. The largest absolute Gasteiger partial charge is 1.00 e. The van der Waals surface area contributed by atoms with Crippen molar-refractivity contribution in [3.63, 3.8) is 0 Å². The van der Waals surface area contributed by atoms with Crippen LogP contribution >= 0.6 is 0 Å². The average Bonchev–Trinajstić information content (AvgIpc) is 2.55. The third-order valence-corrected chi connectivity index (χ3v) is 10.3. The van der Waals surface area contributed by atoms with E-state index < -0.39 is 16.1 Å². The molecule has 1 aliphatic heterocycles. The third kappa shape index (κ3) is 4.39. The molecular formula is C13H33B2LiN2Si2. The molecule has 0 saturated carbocycles. The van der Waals surface area contributed by atoms with Crippen LogP contribution in [-0.4, -0.2) is 73.0 Å². The van der Waals surface area contributed by atoms with E-state index in [4.69, 9.17) is 0 Å². The van der Waals surface area contributed by atoms with E-state index in [1.165, 1.54) is 0 Å². The van der Waals surface area contributed by atoms with Gasteiger partial charge in [0.25, 0.3) is 0 Å². The molecule has 0 bridgehead atoms. The fraction of sp³-hybridized carbons (Fsp3) is 0.923. The summed E-state index contributed by atoms with van der Waals surface area (Å²) in [6.45, 7) is 16.0. The van der Waals surface area contributed by atoms with E-state index in [-0.39, 0.29) is 18.9 Å². The quantitative estimate of drug-likeness (QED) is 0.648. The Hall–Kier alpha value is 0.791. The molecule has 0 amide bonds. The predicted molar refractivity (Wildman–Crippen MR) is 99.1 cm³/mol. The normalized spacial score (nSPS) is 23.8. The van der Waals surface area contributed by atoms with E-state index >= 15 is 0 Å². The van der Waals surface area contributed by atoms with Crippen LogP contribution < -0.4 is 18.9 Å². The van der Waals surface area contributed by atoms with Gasteiger partial charge >= 0.3 is 18.9 Å². The predicted octanol–water partition coefficient (Wildman–Crippen LogP) is -0.471. The number of rotatable bonds is 4. The summed E-state index contributed by atoms with van der Waals surface area (Å²) in [5, 5.41) is 0. The monoisotopic (exact) mass is 302 g/mol. The van der Waals surface area contributed by atoms with Crippen LogP contribution in [-0.2, 0) is 0 Å². The molecule has 0 spiro atoms. The SMILES string of the molecule is CN(C)B1[B-](N(C)C)=C[C@@H]([Si](C)(C)C)[C@@H]1[Si](C)(C)C.[Li+]. The van der Waals surface area contributed by atoms with Crippen molar-refractivity contribution in [3.8, 4) is 0 Å². The molecule has 20 heavy (non-hydrogen) atoms. The maximum absolute atomic E-state index is 2.71. The molecule has 110 valence electrons. The van der Waals surface area contributed by atoms with Gasteiger partial charge in [0.1, 0.15) is 0 Å². The van der Waals surface area contributed by atoms with Crippen molar-refractivity contribution in [2.45, 2.75) is 50.3 Å². The average molecular weight is 302 g/mol. The van der Waals surface area contributed by atoms with E-state index in [0.717, 1.165) is 11.0 Å². The number of hydrogen-bond donors (Lipinski definition) is 0. The Labute approximate surface area is 142 Å². The minimum absolute atomic E-state index is 0. The summed E-state index contributed by atoms with van der Waals surface area (Å²) in [6, 6.07) is 0.